The molecule has 0 unspecified atom stereocenters. The highest BCUT2D eigenvalue weighted by Crippen LogP contribution is 2.45. The van der Waals surface area contributed by atoms with Crippen LogP contribution < -0.4 is 4.74 Å². The van der Waals surface area contributed by atoms with Gasteiger partial charge >= 0.3 is 0 Å². The number of hydrogen-bond donors (Lipinski definition) is 0. The molecule has 1 aromatic rings. The molecule has 1 saturated carbocycles. The van der Waals surface area contributed by atoms with Gasteiger partial charge in [-0.15, -0.1) is 0 Å². The monoisotopic (exact) mass is 309 g/mol. The van der Waals surface area contributed by atoms with Crippen LogP contribution in [0.25, 0.3) is 0 Å². The normalized spacial score (nSPS) is 17.3. The van der Waals surface area contributed by atoms with E-state index in [1.165, 1.54) is 0 Å². The van der Waals surface area contributed by atoms with Crippen LogP contribution in [0.3, 0.4) is 0 Å². The predicted molar refractivity (Wildman–Crippen MR) is 73.7 cm³/mol. The number of aliphatic imine (C=N–C) groups is 1. The number of methoxy groups -OCH3 is 1. The lowest BCUT2D eigenvalue weighted by Gasteiger charge is -2.25. The zero-order valence-corrected chi connectivity index (χ0v) is 12.2. The van der Waals surface area contributed by atoms with Crippen molar-refractivity contribution in [1.29, 1.82) is 0 Å². The molecule has 1 fully saturated rings. The highest BCUT2D eigenvalue weighted by molar-refractivity contribution is 9.10. The number of rotatable bonds is 3. The molecule has 1 aliphatic carbocycles. The number of hydrogen-bond acceptors (Lipinski definition) is 3. The first-order chi connectivity index (χ1) is 8.63. The van der Waals surface area contributed by atoms with Gasteiger partial charge in [0.25, 0.3) is 0 Å². The summed E-state index contributed by atoms with van der Waals surface area (Å²) in [4.78, 5) is 14.8. The summed E-state index contributed by atoms with van der Waals surface area (Å²) in [7, 11) is 1.65. The SMILES string of the molecule is COc1cc(C)c(C2(N=C=O)CCCC2)cc1Br. The van der Waals surface area contributed by atoms with Crippen LogP contribution in [0.1, 0.15) is 36.8 Å². The van der Waals surface area contributed by atoms with Crippen LogP contribution >= 0.6 is 15.9 Å². The third kappa shape index (κ3) is 2.23. The Kier molecular flexibility index (Phi) is 3.88. The molecule has 0 saturated heterocycles. The van der Waals surface area contributed by atoms with Gasteiger partial charge in [0.05, 0.1) is 17.1 Å². The zero-order chi connectivity index (χ0) is 13.2. The summed E-state index contributed by atoms with van der Waals surface area (Å²) in [6, 6.07) is 4.01. The largest absolute Gasteiger partial charge is 0.496 e. The van der Waals surface area contributed by atoms with Crippen LogP contribution in [0, 0.1) is 6.92 Å². The van der Waals surface area contributed by atoms with Crippen molar-refractivity contribution in [2.24, 2.45) is 4.99 Å². The van der Waals surface area contributed by atoms with Crippen molar-refractivity contribution in [3.8, 4) is 5.75 Å². The van der Waals surface area contributed by atoms with Gasteiger partial charge in [-0.2, -0.15) is 4.99 Å². The number of halogens is 1. The van der Waals surface area contributed by atoms with Gasteiger partial charge in [-0.05, 0) is 59.0 Å². The Morgan fingerprint density at radius 3 is 2.61 bits per heavy atom. The molecular formula is C14H16BrNO2. The molecule has 4 heteroatoms. The topological polar surface area (TPSA) is 38.7 Å². The van der Waals surface area contributed by atoms with Crippen molar-refractivity contribution in [2.75, 3.05) is 7.11 Å². The van der Waals surface area contributed by atoms with Gasteiger partial charge in [0, 0.05) is 0 Å². The number of benzene rings is 1. The first-order valence-electron chi connectivity index (χ1n) is 6.06. The van der Waals surface area contributed by atoms with Gasteiger partial charge in [0.2, 0.25) is 6.08 Å². The molecule has 18 heavy (non-hydrogen) atoms. The average Bonchev–Trinajstić information content (AvgIpc) is 2.81. The first-order valence-corrected chi connectivity index (χ1v) is 6.86. The lowest BCUT2D eigenvalue weighted by molar-refractivity contribution is 0.409. The molecule has 1 aliphatic rings. The summed E-state index contributed by atoms with van der Waals surface area (Å²) in [5.74, 6) is 0.805. The maximum atomic E-state index is 10.7. The molecule has 0 aromatic heterocycles. The second-order valence-electron chi connectivity index (χ2n) is 4.74. The molecule has 2 rings (SSSR count). The second-order valence-corrected chi connectivity index (χ2v) is 5.60. The minimum atomic E-state index is -0.374. The summed E-state index contributed by atoms with van der Waals surface area (Å²) in [5.41, 5.74) is 1.84. The number of aryl methyl sites for hydroxylation is 1. The highest BCUT2D eigenvalue weighted by Gasteiger charge is 2.37. The molecule has 0 radical (unpaired) electrons. The quantitative estimate of drug-likeness (QED) is 0.628. The van der Waals surface area contributed by atoms with E-state index in [0.717, 1.165) is 47.0 Å². The van der Waals surface area contributed by atoms with E-state index in [-0.39, 0.29) is 5.54 Å². The van der Waals surface area contributed by atoms with Gasteiger partial charge in [0.1, 0.15) is 5.75 Å². The van der Waals surface area contributed by atoms with Crippen LogP contribution in [0.4, 0.5) is 0 Å². The minimum absolute atomic E-state index is 0.374. The van der Waals surface area contributed by atoms with Crippen molar-refractivity contribution in [3.63, 3.8) is 0 Å². The van der Waals surface area contributed by atoms with E-state index in [1.807, 2.05) is 19.1 Å². The first kappa shape index (κ1) is 13.3. The Labute approximate surface area is 115 Å². The van der Waals surface area contributed by atoms with Crippen molar-refractivity contribution >= 4 is 22.0 Å². The molecular weight excluding hydrogens is 294 g/mol. The maximum absolute atomic E-state index is 10.7. The van der Waals surface area contributed by atoms with E-state index in [0.29, 0.717) is 0 Å². The Morgan fingerprint density at radius 2 is 2.06 bits per heavy atom. The maximum Gasteiger partial charge on any atom is 0.235 e. The molecule has 3 nitrogen and oxygen atoms in total. The molecule has 0 amide bonds. The van der Waals surface area contributed by atoms with Crippen LogP contribution in [0.2, 0.25) is 0 Å². The fraction of sp³-hybridized carbons (Fsp3) is 0.500. The molecule has 0 spiro atoms. The van der Waals surface area contributed by atoms with E-state index in [9.17, 15) is 4.79 Å². The summed E-state index contributed by atoms with van der Waals surface area (Å²) >= 11 is 3.50. The Bertz CT molecular complexity index is 501. The Balaban J connectivity index is 2.55. The fourth-order valence-electron chi connectivity index (χ4n) is 2.80. The Hall–Kier alpha value is -1.12. The zero-order valence-electron chi connectivity index (χ0n) is 10.6. The van der Waals surface area contributed by atoms with Crippen molar-refractivity contribution in [3.05, 3.63) is 27.7 Å². The lowest BCUT2D eigenvalue weighted by Crippen LogP contribution is -2.20. The molecule has 0 N–H and O–H groups in total. The van der Waals surface area contributed by atoms with Crippen LogP contribution in [-0.2, 0) is 10.3 Å². The van der Waals surface area contributed by atoms with Crippen molar-refractivity contribution < 1.29 is 9.53 Å². The average molecular weight is 310 g/mol. The third-order valence-corrected chi connectivity index (χ3v) is 4.31. The van der Waals surface area contributed by atoms with Crippen LogP contribution in [-0.4, -0.2) is 13.2 Å². The van der Waals surface area contributed by atoms with Crippen LogP contribution in [0.5, 0.6) is 5.75 Å². The van der Waals surface area contributed by atoms with E-state index >= 15 is 0 Å². The standard InChI is InChI=1S/C14H16BrNO2/c1-10-7-13(18-2)12(15)8-11(10)14(16-9-17)5-3-4-6-14/h7-8H,3-6H2,1-2H3. The van der Waals surface area contributed by atoms with E-state index in [1.54, 1.807) is 13.2 Å². The van der Waals surface area contributed by atoms with Gasteiger partial charge in [0.15, 0.2) is 0 Å². The lowest BCUT2D eigenvalue weighted by atomic mass is 9.86. The van der Waals surface area contributed by atoms with Gasteiger partial charge < -0.3 is 4.74 Å². The molecule has 0 aliphatic heterocycles. The fourth-order valence-corrected chi connectivity index (χ4v) is 3.31. The minimum Gasteiger partial charge on any atom is -0.496 e. The number of isocyanates is 1. The van der Waals surface area contributed by atoms with Gasteiger partial charge in [-0.1, -0.05) is 12.8 Å². The van der Waals surface area contributed by atoms with E-state index < -0.39 is 0 Å². The molecule has 0 heterocycles. The van der Waals surface area contributed by atoms with Gasteiger partial charge in [-0.25, -0.2) is 4.79 Å². The van der Waals surface area contributed by atoms with E-state index in [4.69, 9.17) is 4.74 Å². The number of ether oxygens (including phenoxy) is 1. The van der Waals surface area contributed by atoms with Crippen molar-refractivity contribution in [1.82, 2.24) is 0 Å². The van der Waals surface area contributed by atoms with Crippen LogP contribution in [0.15, 0.2) is 21.6 Å². The summed E-state index contributed by atoms with van der Waals surface area (Å²) in [6.45, 7) is 2.03. The molecule has 0 bridgehead atoms. The second kappa shape index (κ2) is 5.25. The smallest absolute Gasteiger partial charge is 0.235 e. The highest BCUT2D eigenvalue weighted by atomic mass is 79.9. The predicted octanol–water partition coefficient (Wildman–Crippen LogP) is 3.87. The summed E-state index contributed by atoms with van der Waals surface area (Å²) in [6.07, 6.45) is 5.80. The van der Waals surface area contributed by atoms with Gasteiger partial charge in [-0.3, -0.25) is 0 Å². The molecule has 0 atom stereocenters. The molecule has 1 aromatic carbocycles. The van der Waals surface area contributed by atoms with E-state index in [2.05, 4.69) is 20.9 Å². The summed E-state index contributed by atoms with van der Waals surface area (Å²) in [5, 5.41) is 0. The number of carbonyl (C=O) groups excluding carboxylic acids is 1. The Morgan fingerprint density at radius 1 is 1.39 bits per heavy atom. The number of nitrogens with zero attached hydrogens (tertiary/aromatic N) is 1. The van der Waals surface area contributed by atoms with Crippen molar-refractivity contribution in [2.45, 2.75) is 38.1 Å². The summed E-state index contributed by atoms with van der Waals surface area (Å²) < 4.78 is 6.18. The third-order valence-electron chi connectivity index (χ3n) is 3.69. The molecule has 96 valence electrons.